The van der Waals surface area contributed by atoms with E-state index < -0.39 is 5.97 Å². The van der Waals surface area contributed by atoms with Gasteiger partial charge < -0.3 is 20.1 Å². The van der Waals surface area contributed by atoms with Crippen LogP contribution in [0.1, 0.15) is 19.3 Å². The molecule has 0 aromatic rings. The van der Waals surface area contributed by atoms with Crippen molar-refractivity contribution in [2.24, 2.45) is 5.92 Å². The smallest absolute Gasteiger partial charge is 0.305 e. The lowest BCUT2D eigenvalue weighted by Crippen LogP contribution is -2.52. The number of amides is 1. The number of hydrogen-bond acceptors (Lipinski definition) is 4. The highest BCUT2D eigenvalue weighted by molar-refractivity contribution is 5.79. The monoisotopic (exact) mass is 256 g/mol. The highest BCUT2D eigenvalue weighted by Crippen LogP contribution is 2.27. The second-order valence-electron chi connectivity index (χ2n) is 4.99. The third-order valence-electron chi connectivity index (χ3n) is 3.36. The lowest BCUT2D eigenvalue weighted by atomic mass is 10.1. The molecule has 6 heteroatoms. The van der Waals surface area contributed by atoms with Crippen LogP contribution < -0.4 is 5.32 Å². The van der Waals surface area contributed by atoms with Gasteiger partial charge in [0.05, 0.1) is 32.2 Å². The predicted molar refractivity (Wildman–Crippen MR) is 64.2 cm³/mol. The van der Waals surface area contributed by atoms with E-state index in [4.69, 9.17) is 9.84 Å². The van der Waals surface area contributed by atoms with Gasteiger partial charge in [0.1, 0.15) is 0 Å². The number of nitrogens with zero attached hydrogens (tertiary/aromatic N) is 1. The summed E-state index contributed by atoms with van der Waals surface area (Å²) in [7, 11) is 0. The van der Waals surface area contributed by atoms with Gasteiger partial charge in [0.25, 0.3) is 0 Å². The van der Waals surface area contributed by atoms with Gasteiger partial charge in [-0.25, -0.2) is 0 Å². The number of hydrogen-bond donors (Lipinski definition) is 2. The molecule has 0 aromatic heterocycles. The van der Waals surface area contributed by atoms with Crippen LogP contribution in [0.25, 0.3) is 0 Å². The minimum Gasteiger partial charge on any atom is -0.481 e. The van der Waals surface area contributed by atoms with Gasteiger partial charge >= 0.3 is 5.97 Å². The predicted octanol–water partition coefficient (Wildman–Crippen LogP) is -0.312. The van der Waals surface area contributed by atoms with E-state index in [1.807, 2.05) is 0 Å². The molecule has 1 heterocycles. The number of morpholine rings is 1. The molecule has 1 unspecified atom stereocenters. The molecule has 0 spiro atoms. The van der Waals surface area contributed by atoms with Gasteiger partial charge in [0.2, 0.25) is 5.91 Å². The Hall–Kier alpha value is -1.14. The number of carbonyl (C=O) groups is 2. The number of nitrogens with one attached hydrogen (secondary N) is 1. The Balaban J connectivity index is 1.78. The summed E-state index contributed by atoms with van der Waals surface area (Å²) in [5.41, 5.74) is 0. The first-order chi connectivity index (χ1) is 8.66. The maximum Gasteiger partial charge on any atom is 0.305 e. The van der Waals surface area contributed by atoms with Gasteiger partial charge in [-0.1, -0.05) is 0 Å². The van der Waals surface area contributed by atoms with Crippen molar-refractivity contribution in [2.45, 2.75) is 25.3 Å². The number of carboxylic acids is 1. The Morgan fingerprint density at radius 1 is 1.39 bits per heavy atom. The fraction of sp³-hybridized carbons (Fsp3) is 0.833. The van der Waals surface area contributed by atoms with Crippen molar-refractivity contribution >= 4 is 11.9 Å². The molecule has 2 aliphatic rings. The molecular weight excluding hydrogens is 236 g/mol. The summed E-state index contributed by atoms with van der Waals surface area (Å²) in [5, 5.41) is 12.0. The van der Waals surface area contributed by atoms with Crippen LogP contribution in [0.5, 0.6) is 0 Å². The summed E-state index contributed by atoms with van der Waals surface area (Å²) in [6.07, 6.45) is 2.45. The first kappa shape index (κ1) is 13.3. The second-order valence-corrected chi connectivity index (χ2v) is 4.99. The molecule has 1 saturated heterocycles. The van der Waals surface area contributed by atoms with Crippen molar-refractivity contribution in [2.75, 3.05) is 32.8 Å². The van der Waals surface area contributed by atoms with Crippen molar-refractivity contribution in [3.8, 4) is 0 Å². The zero-order valence-corrected chi connectivity index (χ0v) is 10.4. The second kappa shape index (κ2) is 6.15. The molecule has 0 aromatic carbocycles. The number of aliphatic carboxylic acids is 1. The first-order valence-corrected chi connectivity index (χ1v) is 6.46. The third-order valence-corrected chi connectivity index (χ3v) is 3.36. The van der Waals surface area contributed by atoms with Crippen LogP contribution in [0.2, 0.25) is 0 Å². The molecule has 1 saturated carbocycles. The van der Waals surface area contributed by atoms with E-state index in [0.717, 1.165) is 12.5 Å². The normalized spacial score (nSPS) is 24.0. The van der Waals surface area contributed by atoms with Gasteiger partial charge in [-0.05, 0) is 25.3 Å². The Bertz CT molecular complexity index is 317. The fourth-order valence-corrected chi connectivity index (χ4v) is 2.16. The van der Waals surface area contributed by atoms with Crippen LogP contribution in [0.15, 0.2) is 0 Å². The molecule has 2 fully saturated rings. The van der Waals surface area contributed by atoms with Crippen molar-refractivity contribution < 1.29 is 19.4 Å². The van der Waals surface area contributed by atoms with Crippen LogP contribution in [-0.2, 0) is 14.3 Å². The maximum atomic E-state index is 12.0. The van der Waals surface area contributed by atoms with Crippen molar-refractivity contribution in [3.63, 3.8) is 0 Å². The van der Waals surface area contributed by atoms with Crippen molar-refractivity contribution in [3.05, 3.63) is 0 Å². The Morgan fingerprint density at radius 2 is 2.17 bits per heavy atom. The van der Waals surface area contributed by atoms with Gasteiger partial charge in [0.15, 0.2) is 0 Å². The van der Waals surface area contributed by atoms with Gasteiger partial charge in [-0.15, -0.1) is 0 Å². The standard InChI is InChI=1S/C12H20N2O4/c15-11(7-13-6-9-1-2-9)14-3-4-18-8-10(14)5-12(16)17/h9-10,13H,1-8H2,(H,16,17). The lowest BCUT2D eigenvalue weighted by Gasteiger charge is -2.35. The summed E-state index contributed by atoms with van der Waals surface area (Å²) >= 11 is 0. The summed E-state index contributed by atoms with van der Waals surface area (Å²) in [6.45, 7) is 2.49. The number of carboxylic acid groups (broad SMARTS) is 1. The number of carbonyl (C=O) groups excluding carboxylic acids is 1. The fourth-order valence-electron chi connectivity index (χ4n) is 2.16. The van der Waals surface area contributed by atoms with E-state index in [1.165, 1.54) is 12.8 Å². The number of rotatable bonds is 6. The summed E-state index contributed by atoms with van der Waals surface area (Å²) in [5.74, 6) is -0.184. The summed E-state index contributed by atoms with van der Waals surface area (Å²) in [4.78, 5) is 24.4. The molecule has 102 valence electrons. The van der Waals surface area contributed by atoms with E-state index in [1.54, 1.807) is 4.90 Å². The third kappa shape index (κ3) is 3.96. The zero-order chi connectivity index (χ0) is 13.0. The van der Waals surface area contributed by atoms with Crippen LogP contribution in [-0.4, -0.2) is 60.8 Å². The van der Waals surface area contributed by atoms with Gasteiger partial charge in [0, 0.05) is 6.54 Å². The van der Waals surface area contributed by atoms with Crippen molar-refractivity contribution in [1.29, 1.82) is 0 Å². The highest BCUT2D eigenvalue weighted by Gasteiger charge is 2.29. The SMILES string of the molecule is O=C(O)CC1COCCN1C(=O)CNCC1CC1. The van der Waals surface area contributed by atoms with Gasteiger partial charge in [-0.3, -0.25) is 9.59 Å². The summed E-state index contributed by atoms with van der Waals surface area (Å²) in [6, 6.07) is -0.327. The average Bonchev–Trinajstić information content (AvgIpc) is 3.13. The lowest BCUT2D eigenvalue weighted by molar-refractivity contribution is -0.145. The van der Waals surface area contributed by atoms with Gasteiger partial charge in [-0.2, -0.15) is 0 Å². The van der Waals surface area contributed by atoms with E-state index in [-0.39, 0.29) is 18.4 Å². The van der Waals surface area contributed by atoms with E-state index in [9.17, 15) is 9.59 Å². The molecule has 0 bridgehead atoms. The molecule has 18 heavy (non-hydrogen) atoms. The largest absolute Gasteiger partial charge is 0.481 e. The molecule has 1 aliphatic carbocycles. The zero-order valence-electron chi connectivity index (χ0n) is 10.4. The topological polar surface area (TPSA) is 78.9 Å². The van der Waals surface area contributed by atoms with Crippen molar-refractivity contribution in [1.82, 2.24) is 10.2 Å². The Morgan fingerprint density at radius 3 is 2.83 bits per heavy atom. The van der Waals surface area contributed by atoms with Crippen LogP contribution in [0.4, 0.5) is 0 Å². The minimum absolute atomic E-state index is 0.0230. The average molecular weight is 256 g/mol. The Kier molecular flexibility index (Phi) is 4.54. The van der Waals surface area contributed by atoms with Crippen LogP contribution in [0.3, 0.4) is 0 Å². The molecule has 1 atom stereocenters. The molecule has 1 amide bonds. The summed E-state index contributed by atoms with van der Waals surface area (Å²) < 4.78 is 5.24. The molecule has 6 nitrogen and oxygen atoms in total. The molecule has 0 radical (unpaired) electrons. The first-order valence-electron chi connectivity index (χ1n) is 6.46. The molecule has 2 N–H and O–H groups in total. The van der Waals surface area contributed by atoms with E-state index in [2.05, 4.69) is 5.32 Å². The van der Waals surface area contributed by atoms with E-state index in [0.29, 0.717) is 26.3 Å². The van der Waals surface area contributed by atoms with E-state index >= 15 is 0 Å². The van der Waals surface area contributed by atoms with Crippen LogP contribution in [0, 0.1) is 5.92 Å². The van der Waals surface area contributed by atoms with Crippen LogP contribution >= 0.6 is 0 Å². The molecule has 2 rings (SSSR count). The molecular formula is C12H20N2O4. The maximum absolute atomic E-state index is 12.0. The number of ether oxygens (including phenoxy) is 1. The molecule has 1 aliphatic heterocycles. The Labute approximate surface area is 106 Å². The quantitative estimate of drug-likeness (QED) is 0.681. The highest BCUT2D eigenvalue weighted by atomic mass is 16.5. The minimum atomic E-state index is -0.894.